The first kappa shape index (κ1) is 21.0. The molecule has 0 aliphatic carbocycles. The highest BCUT2D eigenvalue weighted by atomic mass is 19.1. The van der Waals surface area contributed by atoms with Crippen molar-refractivity contribution < 1.29 is 9.50 Å². The fourth-order valence-electron chi connectivity index (χ4n) is 4.96. The van der Waals surface area contributed by atoms with Crippen LogP contribution in [0.3, 0.4) is 0 Å². The van der Waals surface area contributed by atoms with Gasteiger partial charge >= 0.3 is 0 Å². The van der Waals surface area contributed by atoms with Gasteiger partial charge in [-0.25, -0.2) is 14.4 Å². The van der Waals surface area contributed by atoms with Gasteiger partial charge in [-0.05, 0) is 66.6 Å². The van der Waals surface area contributed by atoms with Gasteiger partial charge in [0.25, 0.3) is 0 Å². The van der Waals surface area contributed by atoms with Crippen molar-refractivity contribution in [3.05, 3.63) is 89.3 Å². The summed E-state index contributed by atoms with van der Waals surface area (Å²) < 4.78 is 13.1. The van der Waals surface area contributed by atoms with Crippen molar-refractivity contribution in [3.8, 4) is 0 Å². The van der Waals surface area contributed by atoms with Gasteiger partial charge in [-0.2, -0.15) is 0 Å². The lowest BCUT2D eigenvalue weighted by Crippen LogP contribution is -2.45. The molecule has 0 bridgehead atoms. The van der Waals surface area contributed by atoms with E-state index in [4.69, 9.17) is 0 Å². The summed E-state index contributed by atoms with van der Waals surface area (Å²) in [6, 6.07) is 15.4. The highest BCUT2D eigenvalue weighted by Crippen LogP contribution is 2.35. The summed E-state index contributed by atoms with van der Waals surface area (Å²) in [4.78, 5) is 13.5. The largest absolute Gasteiger partial charge is 0.380 e. The number of hydrogen-bond acceptors (Lipinski definition) is 5. The average Bonchev–Trinajstić information content (AvgIpc) is 3.27. The standard InChI is InChI=1S/C26H29FN4O/c27-22-6-2-19(3-7-22)8-14-30-15-10-23(11-16-30)31-17-9-20-4-5-21(18-24(20)31)25(32)26-28-12-1-13-29-26/h1-7,12-13,18,23,25,32H,8-11,14-17H2. The molecular weight excluding hydrogens is 403 g/mol. The molecule has 1 fully saturated rings. The van der Waals surface area contributed by atoms with Crippen LogP contribution in [0.25, 0.3) is 0 Å². The molecule has 6 heteroatoms. The van der Waals surface area contributed by atoms with Crippen LogP contribution in [0.4, 0.5) is 10.1 Å². The predicted octanol–water partition coefficient (Wildman–Crippen LogP) is 3.77. The third-order valence-corrected chi connectivity index (χ3v) is 6.81. The molecule has 1 aromatic heterocycles. The molecule has 5 rings (SSSR count). The lowest BCUT2D eigenvalue weighted by atomic mass is 10.0. The molecule has 1 unspecified atom stereocenters. The Morgan fingerprint density at radius 3 is 2.50 bits per heavy atom. The third kappa shape index (κ3) is 4.52. The Kier molecular flexibility index (Phi) is 6.14. The lowest BCUT2D eigenvalue weighted by molar-refractivity contribution is 0.209. The molecule has 0 radical (unpaired) electrons. The SMILES string of the molecule is OC(c1ccc2c(c1)N(C1CCN(CCc3ccc(F)cc3)CC1)CC2)c1ncccn1. The van der Waals surface area contributed by atoms with Gasteiger partial charge in [0.15, 0.2) is 5.82 Å². The van der Waals surface area contributed by atoms with E-state index in [1.165, 1.54) is 16.8 Å². The topological polar surface area (TPSA) is 52.5 Å². The van der Waals surface area contributed by atoms with Gasteiger partial charge in [-0.15, -0.1) is 0 Å². The summed E-state index contributed by atoms with van der Waals surface area (Å²) in [5.74, 6) is 0.263. The van der Waals surface area contributed by atoms with E-state index >= 15 is 0 Å². The smallest absolute Gasteiger partial charge is 0.161 e. The van der Waals surface area contributed by atoms with Crippen molar-refractivity contribution >= 4 is 5.69 Å². The number of likely N-dealkylation sites (tertiary alicyclic amines) is 1. The van der Waals surface area contributed by atoms with Crippen LogP contribution in [-0.4, -0.2) is 52.2 Å². The first-order chi connectivity index (χ1) is 15.7. The number of aliphatic hydroxyl groups is 1. The Balaban J connectivity index is 1.21. The van der Waals surface area contributed by atoms with Gasteiger partial charge in [0.1, 0.15) is 11.9 Å². The van der Waals surface area contributed by atoms with Crippen LogP contribution < -0.4 is 4.90 Å². The number of piperidine rings is 1. The molecule has 166 valence electrons. The number of halogens is 1. The zero-order chi connectivity index (χ0) is 21.9. The first-order valence-corrected chi connectivity index (χ1v) is 11.5. The van der Waals surface area contributed by atoms with E-state index in [0.717, 1.165) is 57.4 Å². The second-order valence-corrected chi connectivity index (χ2v) is 8.79. The second-order valence-electron chi connectivity index (χ2n) is 8.79. The van der Waals surface area contributed by atoms with Crippen LogP contribution in [0.1, 0.15) is 41.5 Å². The average molecular weight is 433 g/mol. The Morgan fingerprint density at radius 2 is 1.75 bits per heavy atom. The van der Waals surface area contributed by atoms with Crippen LogP contribution >= 0.6 is 0 Å². The van der Waals surface area contributed by atoms with Crippen LogP contribution in [0.5, 0.6) is 0 Å². The van der Waals surface area contributed by atoms with Crippen LogP contribution in [-0.2, 0) is 12.8 Å². The number of fused-ring (bicyclic) bond motifs is 1. The molecule has 1 N–H and O–H groups in total. The highest BCUT2D eigenvalue weighted by molar-refractivity contribution is 5.61. The Labute approximate surface area is 188 Å². The summed E-state index contributed by atoms with van der Waals surface area (Å²) in [5.41, 5.74) is 4.64. The summed E-state index contributed by atoms with van der Waals surface area (Å²) in [5, 5.41) is 10.8. The molecular formula is C26H29FN4O. The Bertz CT molecular complexity index is 1040. The van der Waals surface area contributed by atoms with E-state index in [2.05, 4.69) is 31.9 Å². The molecule has 3 aromatic rings. The summed E-state index contributed by atoms with van der Waals surface area (Å²) in [6.45, 7) is 4.22. The fourth-order valence-corrected chi connectivity index (χ4v) is 4.96. The minimum atomic E-state index is -0.808. The summed E-state index contributed by atoms with van der Waals surface area (Å²) in [7, 11) is 0. The van der Waals surface area contributed by atoms with Gasteiger partial charge in [0.05, 0.1) is 0 Å². The molecule has 1 saturated heterocycles. The number of aromatic nitrogens is 2. The maximum absolute atomic E-state index is 13.1. The molecule has 2 aliphatic heterocycles. The van der Waals surface area contributed by atoms with Gasteiger partial charge in [-0.3, -0.25) is 0 Å². The third-order valence-electron chi connectivity index (χ3n) is 6.81. The Morgan fingerprint density at radius 1 is 1.00 bits per heavy atom. The quantitative estimate of drug-likeness (QED) is 0.643. The van der Waals surface area contributed by atoms with E-state index in [0.29, 0.717) is 11.9 Å². The van der Waals surface area contributed by atoms with Crippen molar-refractivity contribution in [1.29, 1.82) is 0 Å². The number of hydrogen-bond donors (Lipinski definition) is 1. The fraction of sp³-hybridized carbons (Fsp3) is 0.385. The van der Waals surface area contributed by atoms with Crippen LogP contribution in [0.2, 0.25) is 0 Å². The maximum atomic E-state index is 13.1. The van der Waals surface area contributed by atoms with E-state index in [-0.39, 0.29) is 5.82 Å². The van der Waals surface area contributed by atoms with Crippen molar-refractivity contribution in [3.63, 3.8) is 0 Å². The van der Waals surface area contributed by atoms with Crippen molar-refractivity contribution in [2.45, 2.75) is 37.8 Å². The Hall–Kier alpha value is -2.83. The number of benzene rings is 2. The zero-order valence-electron chi connectivity index (χ0n) is 18.2. The van der Waals surface area contributed by atoms with Crippen molar-refractivity contribution in [2.24, 2.45) is 0 Å². The van der Waals surface area contributed by atoms with Crippen molar-refractivity contribution in [2.75, 3.05) is 31.1 Å². The number of rotatable bonds is 6. The van der Waals surface area contributed by atoms with Gasteiger partial charge < -0.3 is 14.9 Å². The van der Waals surface area contributed by atoms with E-state index in [9.17, 15) is 9.50 Å². The number of anilines is 1. The zero-order valence-corrected chi connectivity index (χ0v) is 18.2. The minimum Gasteiger partial charge on any atom is -0.380 e. The molecule has 0 spiro atoms. The highest BCUT2D eigenvalue weighted by Gasteiger charge is 2.30. The molecule has 0 amide bonds. The van der Waals surface area contributed by atoms with Crippen LogP contribution in [0.15, 0.2) is 60.9 Å². The molecule has 2 aliphatic rings. The molecule has 1 atom stereocenters. The minimum absolute atomic E-state index is 0.174. The number of aliphatic hydroxyl groups excluding tert-OH is 1. The van der Waals surface area contributed by atoms with Crippen molar-refractivity contribution in [1.82, 2.24) is 14.9 Å². The first-order valence-electron chi connectivity index (χ1n) is 11.5. The van der Waals surface area contributed by atoms with Gasteiger partial charge in [0.2, 0.25) is 0 Å². The van der Waals surface area contributed by atoms with E-state index in [1.807, 2.05) is 18.2 Å². The lowest BCUT2D eigenvalue weighted by Gasteiger charge is -2.38. The normalized spacial score (nSPS) is 18.0. The molecule has 32 heavy (non-hydrogen) atoms. The second kappa shape index (κ2) is 9.35. The van der Waals surface area contributed by atoms with Crippen LogP contribution in [0, 0.1) is 5.82 Å². The predicted molar refractivity (Wildman–Crippen MR) is 123 cm³/mol. The van der Waals surface area contributed by atoms with E-state index < -0.39 is 6.10 Å². The van der Waals surface area contributed by atoms with Gasteiger partial charge in [0, 0.05) is 50.3 Å². The molecule has 0 saturated carbocycles. The monoisotopic (exact) mass is 432 g/mol. The van der Waals surface area contributed by atoms with Gasteiger partial charge in [-0.1, -0.05) is 24.3 Å². The number of nitrogens with zero attached hydrogens (tertiary/aromatic N) is 4. The molecule has 5 nitrogen and oxygen atoms in total. The summed E-state index contributed by atoms with van der Waals surface area (Å²) in [6.07, 6.45) is 6.80. The summed E-state index contributed by atoms with van der Waals surface area (Å²) >= 11 is 0. The molecule has 3 heterocycles. The van der Waals surface area contributed by atoms with E-state index in [1.54, 1.807) is 30.6 Å². The molecule has 2 aromatic carbocycles. The maximum Gasteiger partial charge on any atom is 0.161 e.